The first-order chi connectivity index (χ1) is 18.3. The molecule has 1 heterocycles. The molecule has 2 radical (unpaired) electrons. The number of hydrogen-bond acceptors (Lipinski definition) is 4. The summed E-state index contributed by atoms with van der Waals surface area (Å²) in [5.74, 6) is 0.737. The molecule has 4 N–H and O–H groups in total. The summed E-state index contributed by atoms with van der Waals surface area (Å²) < 4.78 is 7.91. The maximum Gasteiger partial charge on any atom is 0.411 e. The van der Waals surface area contributed by atoms with Gasteiger partial charge < -0.3 is 15.0 Å². The van der Waals surface area contributed by atoms with Crippen LogP contribution in [0.2, 0.25) is 0 Å². The van der Waals surface area contributed by atoms with Crippen LogP contribution in [0.15, 0.2) is 47.5 Å². The highest BCUT2D eigenvalue weighted by Gasteiger charge is 2.31. The maximum absolute atomic E-state index is 12.3. The molecule has 2 saturated carbocycles. The van der Waals surface area contributed by atoms with Gasteiger partial charge in [0.1, 0.15) is 19.8 Å². The van der Waals surface area contributed by atoms with Gasteiger partial charge in [-0.2, -0.15) is 0 Å². The minimum Gasteiger partial charge on any atom is -0.446 e. The first-order valence-corrected chi connectivity index (χ1v) is 13.7. The first-order valence-electron chi connectivity index (χ1n) is 13.7. The van der Waals surface area contributed by atoms with E-state index in [0.29, 0.717) is 29.7 Å². The van der Waals surface area contributed by atoms with Crippen LogP contribution in [0.25, 0.3) is 22.2 Å². The van der Waals surface area contributed by atoms with E-state index in [1.165, 1.54) is 12.0 Å². The Morgan fingerprint density at radius 2 is 1.95 bits per heavy atom. The third kappa shape index (κ3) is 5.79. The number of amidine groups is 1. The lowest BCUT2D eigenvalue weighted by Crippen LogP contribution is -2.21. The summed E-state index contributed by atoms with van der Waals surface area (Å²) in [6.07, 6.45) is 7.73. The summed E-state index contributed by atoms with van der Waals surface area (Å²) in [7, 11) is 5.94. The number of carbonyl (C=O) groups excluding carboxylic acids is 1. The van der Waals surface area contributed by atoms with E-state index in [-0.39, 0.29) is 11.9 Å². The van der Waals surface area contributed by atoms with Crippen LogP contribution in [0.4, 0.5) is 16.2 Å². The normalized spacial score (nSPS) is 16.7. The molecule has 2 aromatic carbocycles. The second-order valence-electron chi connectivity index (χ2n) is 10.8. The number of hydrogen-bond donors (Lipinski definition) is 3. The van der Waals surface area contributed by atoms with E-state index in [2.05, 4.69) is 33.1 Å². The van der Waals surface area contributed by atoms with Crippen molar-refractivity contribution in [2.45, 2.75) is 77.4 Å². The molecule has 0 saturated heterocycles. The van der Waals surface area contributed by atoms with Crippen LogP contribution in [-0.2, 0) is 11.2 Å². The lowest BCUT2D eigenvalue weighted by atomic mass is 9.92. The number of amides is 1. The van der Waals surface area contributed by atoms with Crippen LogP contribution >= 0.6 is 0 Å². The predicted molar refractivity (Wildman–Crippen MR) is 156 cm³/mol. The highest BCUT2D eigenvalue weighted by atomic mass is 16.6. The lowest BCUT2D eigenvalue weighted by molar-refractivity contribution is 0.108. The average Bonchev–Trinajstić information content (AvgIpc) is 3.65. The van der Waals surface area contributed by atoms with Gasteiger partial charge in [-0.25, -0.2) is 4.79 Å². The fourth-order valence-electron chi connectivity index (χ4n) is 5.29. The van der Waals surface area contributed by atoms with Gasteiger partial charge in [0.25, 0.3) is 0 Å². The Kier molecular flexibility index (Phi) is 7.59. The molecular weight excluding hydrogens is 473 g/mol. The molecule has 1 amide bonds. The smallest absolute Gasteiger partial charge is 0.411 e. The molecule has 5 rings (SSSR count). The number of rotatable bonds is 9. The number of ether oxygens (including phenoxy) is 1. The summed E-state index contributed by atoms with van der Waals surface area (Å²) in [4.78, 5) is 16.3. The number of aromatic nitrogens is 1. The summed E-state index contributed by atoms with van der Waals surface area (Å²) >= 11 is 0. The molecule has 1 aromatic heterocycles. The number of anilines is 2. The molecule has 196 valence electrons. The fraction of sp³-hybridized carbons (Fsp3) is 0.433. The molecule has 2 aliphatic carbocycles. The highest BCUT2D eigenvalue weighted by molar-refractivity contribution is 6.60. The second kappa shape index (κ2) is 11.1. The number of carbonyl (C=O) groups is 1. The van der Waals surface area contributed by atoms with Gasteiger partial charge in [-0.05, 0) is 101 Å². The molecule has 7 nitrogen and oxygen atoms in total. The van der Waals surface area contributed by atoms with Gasteiger partial charge in [0.05, 0.1) is 16.9 Å². The monoisotopic (exact) mass is 509 g/mol. The van der Waals surface area contributed by atoms with Crippen molar-refractivity contribution in [3.05, 3.63) is 48.0 Å². The molecule has 2 fully saturated rings. The van der Waals surface area contributed by atoms with Crippen molar-refractivity contribution in [2.75, 3.05) is 11.1 Å². The van der Waals surface area contributed by atoms with Gasteiger partial charge in [0.15, 0.2) is 0 Å². The van der Waals surface area contributed by atoms with E-state index in [4.69, 9.17) is 23.7 Å². The molecule has 2 aliphatic rings. The minimum atomic E-state index is -0.409. The van der Waals surface area contributed by atoms with Crippen LogP contribution in [0.1, 0.15) is 70.4 Å². The SMILES string of the molecule is [B]C(CCCc1ccc2c(N)c(-c3ccc(NC(=O)OC(C)C4CC4)cc3)n(C3CCC3)c2c1)=NC(C)=N. The number of nitrogen functional groups attached to an aromatic ring is 1. The van der Waals surface area contributed by atoms with Crippen LogP contribution in [0.3, 0.4) is 0 Å². The van der Waals surface area contributed by atoms with Gasteiger partial charge in [0.2, 0.25) is 0 Å². The number of benzene rings is 2. The van der Waals surface area contributed by atoms with Crippen LogP contribution < -0.4 is 11.1 Å². The molecule has 8 heteroatoms. The van der Waals surface area contributed by atoms with E-state index in [9.17, 15) is 4.79 Å². The molecule has 0 aliphatic heterocycles. The third-order valence-electron chi connectivity index (χ3n) is 7.74. The molecule has 1 unspecified atom stereocenters. The van der Waals surface area contributed by atoms with Crippen molar-refractivity contribution in [2.24, 2.45) is 10.9 Å². The first kappa shape index (κ1) is 26.1. The summed E-state index contributed by atoms with van der Waals surface area (Å²) in [6.45, 7) is 3.59. The Morgan fingerprint density at radius 1 is 1.21 bits per heavy atom. The molecular formula is C30H36BN5O2. The summed E-state index contributed by atoms with van der Waals surface area (Å²) in [5, 5.41) is 11.4. The van der Waals surface area contributed by atoms with E-state index >= 15 is 0 Å². The Hall–Kier alpha value is -3.55. The van der Waals surface area contributed by atoms with Crippen LogP contribution in [0.5, 0.6) is 0 Å². The van der Waals surface area contributed by atoms with E-state index in [0.717, 1.165) is 66.4 Å². The average molecular weight is 509 g/mol. The zero-order valence-electron chi connectivity index (χ0n) is 22.3. The Morgan fingerprint density at radius 3 is 2.58 bits per heavy atom. The number of aryl methyl sites for hydroxylation is 1. The molecule has 0 spiro atoms. The standard InChI is InChI=1S/C30H36BN5O2/c1-18(21-10-11-21)38-30(37)35-23-14-12-22(13-15-23)29-28(33)25-16-9-20(5-3-8-27(31)34-19(2)32)17-26(25)36(29)24-6-4-7-24/h9,12-18,21,24,32H,3-8,10-11,33H2,1-2H3,(H,35,37). The second-order valence-corrected chi connectivity index (χ2v) is 10.8. The molecule has 38 heavy (non-hydrogen) atoms. The summed E-state index contributed by atoms with van der Waals surface area (Å²) in [6, 6.07) is 14.8. The van der Waals surface area contributed by atoms with Crippen LogP contribution in [0, 0.1) is 11.3 Å². The van der Waals surface area contributed by atoms with Crippen molar-refractivity contribution in [3.8, 4) is 11.3 Å². The number of fused-ring (bicyclic) bond motifs is 1. The Balaban J connectivity index is 1.37. The van der Waals surface area contributed by atoms with Gasteiger partial charge in [-0.3, -0.25) is 15.7 Å². The largest absolute Gasteiger partial charge is 0.446 e. The lowest BCUT2D eigenvalue weighted by Gasteiger charge is -2.30. The van der Waals surface area contributed by atoms with Crippen LogP contribution in [-0.4, -0.2) is 36.1 Å². The fourth-order valence-corrected chi connectivity index (χ4v) is 5.29. The topological polar surface area (TPSA) is 105 Å². The Bertz CT molecular complexity index is 1370. The molecule has 1 atom stereocenters. The highest BCUT2D eigenvalue weighted by Crippen LogP contribution is 2.44. The zero-order chi connectivity index (χ0) is 26.8. The predicted octanol–water partition coefficient (Wildman–Crippen LogP) is 6.85. The summed E-state index contributed by atoms with van der Waals surface area (Å²) in [5.41, 5.74) is 13.2. The van der Waals surface area contributed by atoms with Gasteiger partial charge in [-0.1, -0.05) is 24.3 Å². The van der Waals surface area contributed by atoms with Crippen molar-refractivity contribution >= 4 is 47.7 Å². The van der Waals surface area contributed by atoms with E-state index in [1.54, 1.807) is 6.92 Å². The Labute approximate surface area is 225 Å². The number of nitrogens with zero attached hydrogens (tertiary/aromatic N) is 2. The number of aliphatic imine (C=N–C) groups is 1. The quantitative estimate of drug-likeness (QED) is 0.167. The minimum absolute atomic E-state index is 0.0476. The van der Waals surface area contributed by atoms with E-state index in [1.807, 2.05) is 31.2 Å². The van der Waals surface area contributed by atoms with Gasteiger partial charge in [0, 0.05) is 22.7 Å². The number of nitrogens with two attached hydrogens (primary N) is 1. The zero-order valence-corrected chi connectivity index (χ0v) is 22.3. The maximum atomic E-state index is 12.3. The van der Waals surface area contributed by atoms with E-state index < -0.39 is 6.09 Å². The van der Waals surface area contributed by atoms with Gasteiger partial charge >= 0.3 is 6.09 Å². The van der Waals surface area contributed by atoms with Gasteiger partial charge in [-0.15, -0.1) is 0 Å². The van der Waals surface area contributed by atoms with Crippen molar-refractivity contribution in [1.29, 1.82) is 5.41 Å². The molecule has 0 bridgehead atoms. The van der Waals surface area contributed by atoms with Crippen molar-refractivity contribution in [3.63, 3.8) is 0 Å². The number of nitrogens with one attached hydrogen (secondary N) is 2. The van der Waals surface area contributed by atoms with Crippen molar-refractivity contribution < 1.29 is 9.53 Å². The third-order valence-corrected chi connectivity index (χ3v) is 7.74. The molecule has 3 aromatic rings. The van der Waals surface area contributed by atoms with Crippen molar-refractivity contribution in [1.82, 2.24) is 4.57 Å².